The Hall–Kier alpha value is -2.49. The molecule has 1 heterocycles. The summed E-state index contributed by atoms with van der Waals surface area (Å²) in [6, 6.07) is 14.0. The SMILES string of the molecule is O=C(O)C1CCC(Oc2ccc3c(c2)Cc2ccccc2O3)CC1. The zero-order valence-electron chi connectivity index (χ0n) is 13.4. The Morgan fingerprint density at radius 3 is 2.54 bits per heavy atom. The lowest BCUT2D eigenvalue weighted by atomic mass is 9.87. The number of rotatable bonds is 3. The van der Waals surface area contributed by atoms with E-state index >= 15 is 0 Å². The third-order valence-electron chi connectivity index (χ3n) is 4.93. The summed E-state index contributed by atoms with van der Waals surface area (Å²) in [4.78, 5) is 11.0. The minimum absolute atomic E-state index is 0.107. The van der Waals surface area contributed by atoms with Crippen molar-refractivity contribution in [2.24, 2.45) is 5.92 Å². The zero-order valence-corrected chi connectivity index (χ0v) is 13.4. The lowest BCUT2D eigenvalue weighted by Crippen LogP contribution is -2.27. The van der Waals surface area contributed by atoms with Crippen LogP contribution >= 0.6 is 0 Å². The number of aliphatic carboxylic acids is 1. The number of carboxylic acid groups (broad SMARTS) is 1. The number of benzene rings is 2. The molecule has 4 heteroatoms. The summed E-state index contributed by atoms with van der Waals surface area (Å²) in [5.41, 5.74) is 2.31. The molecule has 2 aromatic rings. The van der Waals surface area contributed by atoms with Crippen molar-refractivity contribution in [2.75, 3.05) is 0 Å². The fourth-order valence-electron chi connectivity index (χ4n) is 3.56. The van der Waals surface area contributed by atoms with Gasteiger partial charge in [0, 0.05) is 12.0 Å². The quantitative estimate of drug-likeness (QED) is 0.775. The molecule has 2 aromatic carbocycles. The molecule has 1 aliphatic carbocycles. The zero-order chi connectivity index (χ0) is 16.5. The molecule has 0 unspecified atom stereocenters. The molecule has 0 bridgehead atoms. The monoisotopic (exact) mass is 324 g/mol. The fourth-order valence-corrected chi connectivity index (χ4v) is 3.56. The number of ether oxygens (including phenoxy) is 2. The van der Waals surface area contributed by atoms with Crippen LogP contribution in [0.15, 0.2) is 42.5 Å². The van der Waals surface area contributed by atoms with Gasteiger partial charge in [0.25, 0.3) is 0 Å². The van der Waals surface area contributed by atoms with Crippen LogP contribution in [0.25, 0.3) is 0 Å². The van der Waals surface area contributed by atoms with Crippen LogP contribution in [0.2, 0.25) is 0 Å². The number of para-hydroxylation sites is 1. The van der Waals surface area contributed by atoms with E-state index in [0.717, 1.165) is 42.1 Å². The molecule has 1 fully saturated rings. The van der Waals surface area contributed by atoms with Gasteiger partial charge in [0.05, 0.1) is 12.0 Å². The number of hydrogen-bond acceptors (Lipinski definition) is 3. The van der Waals surface area contributed by atoms with Crippen molar-refractivity contribution >= 4 is 5.97 Å². The van der Waals surface area contributed by atoms with Crippen LogP contribution in [0.5, 0.6) is 17.2 Å². The molecular formula is C20H20O4. The van der Waals surface area contributed by atoms with Crippen molar-refractivity contribution in [2.45, 2.75) is 38.2 Å². The number of fused-ring (bicyclic) bond motifs is 2. The molecule has 1 aliphatic heterocycles. The Bertz CT molecular complexity index is 760. The van der Waals surface area contributed by atoms with Crippen LogP contribution in [0, 0.1) is 5.92 Å². The van der Waals surface area contributed by atoms with Gasteiger partial charge in [0.1, 0.15) is 17.2 Å². The Morgan fingerprint density at radius 2 is 1.75 bits per heavy atom. The van der Waals surface area contributed by atoms with E-state index in [1.165, 1.54) is 5.56 Å². The first-order valence-electron chi connectivity index (χ1n) is 8.47. The molecule has 0 amide bonds. The van der Waals surface area contributed by atoms with Gasteiger partial charge in [-0.15, -0.1) is 0 Å². The van der Waals surface area contributed by atoms with Gasteiger partial charge in [0.2, 0.25) is 0 Å². The Morgan fingerprint density at radius 1 is 1.00 bits per heavy atom. The highest BCUT2D eigenvalue weighted by molar-refractivity contribution is 5.70. The molecule has 124 valence electrons. The second kappa shape index (κ2) is 6.19. The average Bonchev–Trinajstić information content (AvgIpc) is 2.60. The molecule has 1 saturated carbocycles. The van der Waals surface area contributed by atoms with Crippen LogP contribution in [0.4, 0.5) is 0 Å². The third kappa shape index (κ3) is 2.96. The molecule has 0 saturated heterocycles. The van der Waals surface area contributed by atoms with Crippen molar-refractivity contribution in [3.8, 4) is 17.2 Å². The van der Waals surface area contributed by atoms with Crippen LogP contribution in [0.3, 0.4) is 0 Å². The van der Waals surface area contributed by atoms with E-state index in [1.807, 2.05) is 30.3 Å². The van der Waals surface area contributed by atoms with Crippen molar-refractivity contribution in [1.82, 2.24) is 0 Å². The van der Waals surface area contributed by atoms with Crippen molar-refractivity contribution in [1.29, 1.82) is 0 Å². The van der Waals surface area contributed by atoms with E-state index in [4.69, 9.17) is 14.6 Å². The highest BCUT2D eigenvalue weighted by atomic mass is 16.5. The van der Waals surface area contributed by atoms with E-state index < -0.39 is 5.97 Å². The van der Waals surface area contributed by atoms with E-state index in [0.29, 0.717) is 12.8 Å². The van der Waals surface area contributed by atoms with Gasteiger partial charge in [0.15, 0.2) is 0 Å². The minimum Gasteiger partial charge on any atom is -0.490 e. The summed E-state index contributed by atoms with van der Waals surface area (Å²) in [7, 11) is 0. The number of hydrogen-bond donors (Lipinski definition) is 1. The van der Waals surface area contributed by atoms with Gasteiger partial charge in [-0.3, -0.25) is 4.79 Å². The molecule has 4 nitrogen and oxygen atoms in total. The van der Waals surface area contributed by atoms with Crippen molar-refractivity contribution in [3.63, 3.8) is 0 Å². The van der Waals surface area contributed by atoms with Gasteiger partial charge in [-0.25, -0.2) is 0 Å². The van der Waals surface area contributed by atoms with Crippen molar-refractivity contribution in [3.05, 3.63) is 53.6 Å². The average molecular weight is 324 g/mol. The first-order chi connectivity index (χ1) is 11.7. The molecule has 0 atom stereocenters. The Labute approximate surface area is 141 Å². The summed E-state index contributed by atoms with van der Waals surface area (Å²) in [5, 5.41) is 9.07. The van der Waals surface area contributed by atoms with Crippen LogP contribution in [-0.2, 0) is 11.2 Å². The maximum atomic E-state index is 11.0. The first kappa shape index (κ1) is 15.1. The minimum atomic E-state index is -0.682. The second-order valence-corrected chi connectivity index (χ2v) is 6.59. The molecule has 2 aliphatic rings. The van der Waals surface area contributed by atoms with Gasteiger partial charge in [-0.05, 0) is 55.5 Å². The van der Waals surface area contributed by atoms with Crippen LogP contribution < -0.4 is 9.47 Å². The molecule has 0 aromatic heterocycles. The summed E-state index contributed by atoms with van der Waals surface area (Å²) >= 11 is 0. The highest BCUT2D eigenvalue weighted by Gasteiger charge is 2.27. The van der Waals surface area contributed by atoms with E-state index in [9.17, 15) is 4.79 Å². The molecule has 4 rings (SSSR count). The largest absolute Gasteiger partial charge is 0.490 e. The standard InChI is InChI=1S/C20H20O4/c21-20(22)13-5-7-16(8-6-13)23-17-9-10-19-15(12-17)11-14-3-1-2-4-18(14)24-19/h1-4,9-10,12-13,16H,5-8,11H2,(H,21,22). The molecule has 24 heavy (non-hydrogen) atoms. The van der Waals surface area contributed by atoms with Gasteiger partial charge < -0.3 is 14.6 Å². The van der Waals surface area contributed by atoms with E-state index in [1.54, 1.807) is 0 Å². The predicted octanol–water partition coefficient (Wildman–Crippen LogP) is 4.41. The summed E-state index contributed by atoms with van der Waals surface area (Å²) in [6.07, 6.45) is 3.94. The van der Waals surface area contributed by atoms with E-state index in [-0.39, 0.29) is 12.0 Å². The van der Waals surface area contributed by atoms with E-state index in [2.05, 4.69) is 12.1 Å². The predicted molar refractivity (Wildman–Crippen MR) is 89.8 cm³/mol. The lowest BCUT2D eigenvalue weighted by Gasteiger charge is -2.27. The summed E-state index contributed by atoms with van der Waals surface area (Å²) < 4.78 is 12.0. The maximum Gasteiger partial charge on any atom is 0.306 e. The fraction of sp³-hybridized carbons (Fsp3) is 0.350. The van der Waals surface area contributed by atoms with Crippen LogP contribution in [0.1, 0.15) is 36.8 Å². The van der Waals surface area contributed by atoms with Gasteiger partial charge in [-0.2, -0.15) is 0 Å². The Kier molecular flexibility index (Phi) is 3.89. The molecular weight excluding hydrogens is 304 g/mol. The Balaban J connectivity index is 1.45. The maximum absolute atomic E-state index is 11.0. The number of carbonyl (C=O) groups is 1. The van der Waals surface area contributed by atoms with Crippen LogP contribution in [-0.4, -0.2) is 17.2 Å². The molecule has 0 spiro atoms. The van der Waals surface area contributed by atoms with Gasteiger partial charge in [-0.1, -0.05) is 18.2 Å². The normalized spacial score (nSPS) is 22.0. The molecule has 1 N–H and O–H groups in total. The smallest absolute Gasteiger partial charge is 0.306 e. The van der Waals surface area contributed by atoms with Gasteiger partial charge >= 0.3 is 5.97 Å². The lowest BCUT2D eigenvalue weighted by molar-refractivity contribution is -0.143. The molecule has 0 radical (unpaired) electrons. The number of carboxylic acids is 1. The topological polar surface area (TPSA) is 55.8 Å². The summed E-state index contributed by atoms with van der Waals surface area (Å²) in [5.74, 6) is 1.76. The summed E-state index contributed by atoms with van der Waals surface area (Å²) in [6.45, 7) is 0. The third-order valence-corrected chi connectivity index (χ3v) is 4.93. The second-order valence-electron chi connectivity index (χ2n) is 6.59. The first-order valence-corrected chi connectivity index (χ1v) is 8.47. The van der Waals surface area contributed by atoms with Crippen molar-refractivity contribution < 1.29 is 19.4 Å². The highest BCUT2D eigenvalue weighted by Crippen LogP contribution is 2.38.